The molecule has 2 aliphatic rings. The molecule has 5 rings (SSSR count). The predicted octanol–water partition coefficient (Wildman–Crippen LogP) is 1.85. The number of halogens is 2. The van der Waals surface area contributed by atoms with Crippen LogP contribution in [0.1, 0.15) is 23.2 Å². The first-order valence-corrected chi connectivity index (χ1v) is 10.1. The molecule has 8 nitrogen and oxygen atoms in total. The molecule has 2 aliphatic heterocycles. The summed E-state index contributed by atoms with van der Waals surface area (Å²) in [6.07, 6.45) is 1.09. The van der Waals surface area contributed by atoms with Crippen LogP contribution in [-0.4, -0.2) is 52.1 Å². The molecule has 31 heavy (non-hydrogen) atoms. The number of hydrogen-bond donors (Lipinski definition) is 0. The van der Waals surface area contributed by atoms with Gasteiger partial charge < -0.3 is 14.5 Å². The van der Waals surface area contributed by atoms with E-state index in [2.05, 4.69) is 10.00 Å². The largest absolute Gasteiger partial charge is 0.490 e. The van der Waals surface area contributed by atoms with Gasteiger partial charge in [-0.25, -0.2) is 13.6 Å². The Hall–Kier alpha value is -3.43. The molecule has 0 unspecified atom stereocenters. The third-order valence-corrected chi connectivity index (χ3v) is 5.88. The van der Waals surface area contributed by atoms with E-state index in [0.29, 0.717) is 30.1 Å². The monoisotopic (exact) mass is 430 g/mol. The minimum atomic E-state index is -2.70. The maximum Gasteiger partial charge on any atom is 0.451 e. The van der Waals surface area contributed by atoms with Gasteiger partial charge in [0.25, 0.3) is 11.8 Å². The Kier molecular flexibility index (Phi) is 4.45. The van der Waals surface area contributed by atoms with E-state index in [4.69, 9.17) is 4.74 Å². The first-order valence-electron chi connectivity index (χ1n) is 10.1. The maximum absolute atomic E-state index is 13.4. The fourth-order valence-electron chi connectivity index (χ4n) is 4.13. The molecule has 0 bridgehead atoms. The van der Waals surface area contributed by atoms with Crippen LogP contribution in [0.3, 0.4) is 0 Å². The number of nitrogens with one attached hydrogen (secondary N) is 1. The highest BCUT2D eigenvalue weighted by molar-refractivity contribution is 5.95. The van der Waals surface area contributed by atoms with Crippen molar-refractivity contribution in [2.75, 3.05) is 31.1 Å². The van der Waals surface area contributed by atoms with Gasteiger partial charge in [0.2, 0.25) is 0 Å². The third kappa shape index (κ3) is 3.41. The molecule has 1 saturated heterocycles. The van der Waals surface area contributed by atoms with Crippen LogP contribution in [0.4, 0.5) is 20.2 Å². The van der Waals surface area contributed by atoms with Crippen molar-refractivity contribution in [1.82, 2.24) is 14.0 Å². The molecule has 0 saturated carbocycles. The number of carbonyl (C=O) groups excluding carboxylic acids is 1. The molecule has 1 aromatic carbocycles. The number of aromatic nitrogens is 3. The number of alkyl halides is 2. The van der Waals surface area contributed by atoms with Gasteiger partial charge in [-0.1, -0.05) is 0 Å². The second-order valence-corrected chi connectivity index (χ2v) is 7.92. The summed E-state index contributed by atoms with van der Waals surface area (Å²) in [5, 5.41) is 3.00. The highest BCUT2D eigenvalue weighted by atomic mass is 19.3. The Labute approximate surface area is 176 Å². The zero-order chi connectivity index (χ0) is 21.8. The summed E-state index contributed by atoms with van der Waals surface area (Å²) in [7, 11) is 1.65. The summed E-state index contributed by atoms with van der Waals surface area (Å²) in [4.78, 5) is 28.4. The molecule has 0 aliphatic carbocycles. The van der Waals surface area contributed by atoms with Crippen molar-refractivity contribution in [3.05, 3.63) is 52.6 Å². The van der Waals surface area contributed by atoms with E-state index in [-0.39, 0.29) is 37.5 Å². The van der Waals surface area contributed by atoms with Crippen LogP contribution >= 0.6 is 0 Å². The molecule has 162 valence electrons. The lowest BCUT2D eigenvalue weighted by Gasteiger charge is -2.33. The van der Waals surface area contributed by atoms with Gasteiger partial charge in [-0.3, -0.25) is 4.79 Å². The third-order valence-electron chi connectivity index (χ3n) is 5.88. The molecular weight excluding hydrogens is 408 g/mol. The molecule has 10 heteroatoms. The summed E-state index contributed by atoms with van der Waals surface area (Å²) in [5.74, 6) is -2.40. The van der Waals surface area contributed by atoms with Crippen LogP contribution in [-0.2, 0) is 7.05 Å². The molecule has 1 N–H and O–H groups in total. The van der Waals surface area contributed by atoms with E-state index < -0.39 is 5.92 Å². The minimum Gasteiger partial charge on any atom is -0.490 e. The normalized spacial score (nSPS) is 18.0. The molecule has 0 atom stereocenters. The highest BCUT2D eigenvalue weighted by Crippen LogP contribution is 2.38. The van der Waals surface area contributed by atoms with Gasteiger partial charge in [-0.05, 0) is 18.2 Å². The highest BCUT2D eigenvalue weighted by Gasteiger charge is 2.36. The molecule has 1 amide bonds. The van der Waals surface area contributed by atoms with E-state index >= 15 is 0 Å². The van der Waals surface area contributed by atoms with Gasteiger partial charge in [0.1, 0.15) is 18.6 Å². The van der Waals surface area contributed by atoms with Crippen molar-refractivity contribution in [2.45, 2.75) is 18.8 Å². The van der Waals surface area contributed by atoms with Crippen LogP contribution in [0.15, 0.2) is 41.3 Å². The number of anilines is 2. The van der Waals surface area contributed by atoms with Crippen LogP contribution in [0, 0.1) is 0 Å². The van der Waals surface area contributed by atoms with Gasteiger partial charge in [0, 0.05) is 37.6 Å². The molecule has 1 fully saturated rings. The first kappa shape index (κ1) is 19.5. The lowest BCUT2D eigenvalue weighted by molar-refractivity contribution is -0.460. The molecule has 0 spiro atoms. The number of hydrogen-bond acceptors (Lipinski definition) is 4. The van der Waals surface area contributed by atoms with Crippen molar-refractivity contribution in [1.29, 1.82) is 0 Å². The van der Waals surface area contributed by atoms with E-state index in [1.165, 1.54) is 14.0 Å². The number of fused-ring (bicyclic) bond motifs is 2. The van der Waals surface area contributed by atoms with Crippen LogP contribution in [0.25, 0.3) is 5.65 Å². The number of piperidine rings is 1. The lowest BCUT2D eigenvalue weighted by Crippen LogP contribution is -2.42. The number of benzene rings is 1. The Balaban J connectivity index is 1.43. The summed E-state index contributed by atoms with van der Waals surface area (Å²) in [6, 6.07) is 8.92. The minimum absolute atomic E-state index is 0.0445. The number of rotatable bonds is 2. The number of aromatic amines is 1. The fraction of sp³-hybridized carbons (Fsp3) is 0.381. The number of likely N-dealkylation sites (tertiary alicyclic amines) is 1. The number of ether oxygens (including phenoxy) is 1. The van der Waals surface area contributed by atoms with Crippen molar-refractivity contribution in [3.63, 3.8) is 0 Å². The number of carbonyl (C=O) groups is 1. The summed E-state index contributed by atoms with van der Waals surface area (Å²) >= 11 is 0. The zero-order valence-corrected chi connectivity index (χ0v) is 17.0. The van der Waals surface area contributed by atoms with Gasteiger partial charge >= 0.3 is 11.3 Å². The Morgan fingerprint density at radius 1 is 1.13 bits per heavy atom. The lowest BCUT2D eigenvalue weighted by atomic mass is 10.0. The summed E-state index contributed by atoms with van der Waals surface area (Å²) in [5.41, 5.74) is 2.60. The number of aryl methyl sites for hydroxylation is 1. The maximum atomic E-state index is 13.4. The second-order valence-electron chi connectivity index (χ2n) is 7.92. The summed E-state index contributed by atoms with van der Waals surface area (Å²) in [6.45, 7) is 1.12. The topological polar surface area (TPSA) is 73.3 Å². The van der Waals surface area contributed by atoms with Gasteiger partial charge in [-0.15, -0.1) is 9.08 Å². The average Bonchev–Trinajstić information content (AvgIpc) is 3.05. The quantitative estimate of drug-likeness (QED) is 0.622. The van der Waals surface area contributed by atoms with Gasteiger partial charge in [0.15, 0.2) is 0 Å². The van der Waals surface area contributed by atoms with E-state index in [0.717, 1.165) is 11.4 Å². The van der Waals surface area contributed by atoms with E-state index in [1.54, 1.807) is 25.4 Å². The second kappa shape index (κ2) is 7.07. The van der Waals surface area contributed by atoms with Crippen molar-refractivity contribution in [3.8, 4) is 5.75 Å². The molecular formula is C21H22F2N5O3+. The van der Waals surface area contributed by atoms with Gasteiger partial charge in [-0.2, -0.15) is 5.10 Å². The van der Waals surface area contributed by atoms with Crippen LogP contribution in [0.2, 0.25) is 0 Å². The number of H-pyrrole nitrogens is 1. The van der Waals surface area contributed by atoms with Crippen LogP contribution < -0.4 is 20.4 Å². The molecule has 4 heterocycles. The summed E-state index contributed by atoms with van der Waals surface area (Å²) < 4.78 is 35.5. The molecule has 0 radical (unpaired) electrons. The first-order chi connectivity index (χ1) is 14.8. The fourth-order valence-corrected chi connectivity index (χ4v) is 4.13. The van der Waals surface area contributed by atoms with E-state index in [9.17, 15) is 18.4 Å². The zero-order valence-electron chi connectivity index (χ0n) is 17.0. The number of pyridine rings is 1. The number of amides is 1. The van der Waals surface area contributed by atoms with Gasteiger partial charge in [0.05, 0.1) is 31.0 Å². The standard InChI is InChI=1S/C21H21F2N5O3/c1-25-20(30)28-7-4-15(13-18(28)24-25)27-10-11-31-17-12-14(2-3-16(17)27)19(29)26-8-5-21(22,23)6-9-26/h2-4,7,12-13H,5-6,8-11H2,1H3/p+1. The SMILES string of the molecule is Cn1[nH+]c2cc(N3CCOc4cc(C(=O)N5CCC(F)(F)CC5)ccc43)ccn2c1=O. The average molecular weight is 430 g/mol. The molecule has 3 aromatic rings. The molecule has 2 aromatic heterocycles. The predicted molar refractivity (Wildman–Crippen MR) is 108 cm³/mol. The Morgan fingerprint density at radius 2 is 1.90 bits per heavy atom. The smallest absolute Gasteiger partial charge is 0.451 e. The Bertz CT molecular complexity index is 1230. The van der Waals surface area contributed by atoms with Crippen molar-refractivity contribution in [2.24, 2.45) is 7.05 Å². The number of nitrogens with zero attached hydrogens (tertiary/aromatic N) is 4. The van der Waals surface area contributed by atoms with Crippen molar-refractivity contribution < 1.29 is 23.4 Å². The van der Waals surface area contributed by atoms with E-state index in [1.807, 2.05) is 18.2 Å². The van der Waals surface area contributed by atoms with Crippen molar-refractivity contribution >= 4 is 22.9 Å². The Morgan fingerprint density at radius 3 is 2.68 bits per heavy atom. The van der Waals surface area contributed by atoms with Crippen LogP contribution in [0.5, 0.6) is 5.75 Å².